The van der Waals surface area contributed by atoms with E-state index in [1.165, 1.54) is 109 Å². The first-order valence-electron chi connectivity index (χ1n) is 16.3. The van der Waals surface area contributed by atoms with E-state index in [-0.39, 0.29) is 12.5 Å². The largest absolute Gasteiger partial charge is 0.394 e. The van der Waals surface area contributed by atoms with Crippen LogP contribution in [0.4, 0.5) is 0 Å². The lowest BCUT2D eigenvalue weighted by Gasteiger charge is -2.26. The summed E-state index contributed by atoms with van der Waals surface area (Å²) in [6.07, 6.45) is 27.5. The van der Waals surface area contributed by atoms with Crippen molar-refractivity contribution in [1.82, 2.24) is 5.32 Å². The number of hydrogen-bond donors (Lipinski definition) is 4. The van der Waals surface area contributed by atoms with E-state index >= 15 is 0 Å². The molecule has 0 saturated heterocycles. The molecule has 222 valence electrons. The molecule has 0 saturated carbocycles. The Balaban J connectivity index is 3.72. The summed E-state index contributed by atoms with van der Waals surface area (Å²) in [6, 6.07) is -0.799. The van der Waals surface area contributed by atoms with Crippen molar-refractivity contribution >= 4 is 5.91 Å². The van der Waals surface area contributed by atoms with Gasteiger partial charge in [0.2, 0.25) is 5.91 Å². The third kappa shape index (κ3) is 24.1. The van der Waals surface area contributed by atoms with Gasteiger partial charge in [-0.15, -0.1) is 0 Å². The summed E-state index contributed by atoms with van der Waals surface area (Å²) in [5, 5.41) is 33.2. The van der Waals surface area contributed by atoms with Crippen LogP contribution in [-0.4, -0.2) is 46.1 Å². The second kappa shape index (κ2) is 28.4. The molecule has 0 fully saturated rings. The first-order valence-corrected chi connectivity index (χ1v) is 16.3. The number of aliphatic hydroxyl groups excluding tert-OH is 3. The first kappa shape index (κ1) is 36.4. The first-order chi connectivity index (χ1) is 18.1. The van der Waals surface area contributed by atoms with Crippen molar-refractivity contribution in [3.05, 3.63) is 0 Å². The molecule has 0 aromatic carbocycles. The number of unbranched alkanes of at least 4 members (excludes halogenated alkanes) is 21. The van der Waals surface area contributed by atoms with Crippen LogP contribution in [0.3, 0.4) is 0 Å². The number of aliphatic hydroxyl groups is 3. The minimum Gasteiger partial charge on any atom is -0.394 e. The highest BCUT2D eigenvalue weighted by Gasteiger charge is 2.26. The van der Waals surface area contributed by atoms with Crippen LogP contribution >= 0.6 is 0 Å². The van der Waals surface area contributed by atoms with Crippen LogP contribution < -0.4 is 5.32 Å². The van der Waals surface area contributed by atoms with Gasteiger partial charge in [-0.25, -0.2) is 0 Å². The SMILES string of the molecule is CCCCCCCCCCCCCC[C@@H](O)[C@@H](O)[C@H](CO)NC(=O)CCCCCCCCCCCCC. The summed E-state index contributed by atoms with van der Waals surface area (Å²) in [4.78, 5) is 12.3. The van der Waals surface area contributed by atoms with Crippen LogP contribution in [-0.2, 0) is 4.79 Å². The van der Waals surface area contributed by atoms with Crippen molar-refractivity contribution < 1.29 is 20.1 Å². The van der Waals surface area contributed by atoms with Gasteiger partial charge >= 0.3 is 0 Å². The van der Waals surface area contributed by atoms with Crippen LogP contribution in [0.1, 0.15) is 174 Å². The predicted octanol–water partition coefficient (Wildman–Crippen LogP) is 7.98. The molecular weight excluding hydrogens is 462 g/mol. The Morgan fingerprint density at radius 2 is 0.919 bits per heavy atom. The van der Waals surface area contributed by atoms with Gasteiger partial charge < -0.3 is 20.6 Å². The van der Waals surface area contributed by atoms with E-state index in [9.17, 15) is 20.1 Å². The highest BCUT2D eigenvalue weighted by molar-refractivity contribution is 5.76. The van der Waals surface area contributed by atoms with E-state index in [0.717, 1.165) is 38.5 Å². The average Bonchev–Trinajstić information content (AvgIpc) is 2.90. The summed E-state index contributed by atoms with van der Waals surface area (Å²) in [7, 11) is 0. The molecule has 37 heavy (non-hydrogen) atoms. The number of hydrogen-bond acceptors (Lipinski definition) is 4. The van der Waals surface area contributed by atoms with Crippen LogP contribution in [0.2, 0.25) is 0 Å². The number of carbonyl (C=O) groups is 1. The van der Waals surface area contributed by atoms with Crippen molar-refractivity contribution in [3.63, 3.8) is 0 Å². The van der Waals surface area contributed by atoms with Crippen LogP contribution in [0, 0.1) is 0 Å². The maximum atomic E-state index is 12.3. The maximum Gasteiger partial charge on any atom is 0.220 e. The minimum absolute atomic E-state index is 0.147. The van der Waals surface area contributed by atoms with Crippen molar-refractivity contribution in [2.45, 2.75) is 193 Å². The molecule has 4 N–H and O–H groups in total. The Morgan fingerprint density at radius 3 is 1.30 bits per heavy atom. The van der Waals surface area contributed by atoms with Gasteiger partial charge in [0, 0.05) is 6.42 Å². The fourth-order valence-corrected chi connectivity index (χ4v) is 5.10. The van der Waals surface area contributed by atoms with E-state index in [1.807, 2.05) is 0 Å². The lowest BCUT2D eigenvalue weighted by Crippen LogP contribution is -2.50. The van der Waals surface area contributed by atoms with Crippen molar-refractivity contribution in [2.24, 2.45) is 0 Å². The molecule has 0 radical (unpaired) electrons. The molecule has 0 heterocycles. The maximum absolute atomic E-state index is 12.3. The molecule has 0 spiro atoms. The Hall–Kier alpha value is -0.650. The van der Waals surface area contributed by atoms with E-state index in [4.69, 9.17) is 0 Å². The molecule has 1 amide bonds. The molecule has 0 rings (SSSR count). The van der Waals surface area contributed by atoms with Gasteiger partial charge in [-0.1, -0.05) is 155 Å². The fraction of sp³-hybridized carbons (Fsp3) is 0.969. The molecule has 0 aliphatic heterocycles. The lowest BCUT2D eigenvalue weighted by atomic mass is 9.99. The summed E-state index contributed by atoms with van der Waals surface area (Å²) in [5.41, 5.74) is 0. The number of rotatable bonds is 29. The normalized spacial score (nSPS) is 14.0. The van der Waals surface area contributed by atoms with Gasteiger partial charge in [-0.2, -0.15) is 0 Å². The zero-order chi connectivity index (χ0) is 27.4. The van der Waals surface area contributed by atoms with Crippen molar-refractivity contribution in [1.29, 1.82) is 0 Å². The van der Waals surface area contributed by atoms with Gasteiger partial charge in [0.05, 0.1) is 18.8 Å². The highest BCUT2D eigenvalue weighted by Crippen LogP contribution is 2.15. The smallest absolute Gasteiger partial charge is 0.220 e. The molecule has 3 atom stereocenters. The Kier molecular flexibility index (Phi) is 27.9. The molecule has 0 aliphatic rings. The molecule has 0 aliphatic carbocycles. The average molecular weight is 528 g/mol. The lowest BCUT2D eigenvalue weighted by molar-refractivity contribution is -0.124. The Morgan fingerprint density at radius 1 is 0.568 bits per heavy atom. The zero-order valence-corrected chi connectivity index (χ0v) is 24.9. The van der Waals surface area contributed by atoms with E-state index in [2.05, 4.69) is 19.2 Å². The fourth-order valence-electron chi connectivity index (χ4n) is 5.10. The number of carbonyl (C=O) groups excluding carboxylic acids is 1. The van der Waals surface area contributed by atoms with Gasteiger partial charge in [0.15, 0.2) is 0 Å². The van der Waals surface area contributed by atoms with Crippen LogP contribution in [0.5, 0.6) is 0 Å². The summed E-state index contributed by atoms with van der Waals surface area (Å²) < 4.78 is 0. The minimum atomic E-state index is -1.13. The quantitative estimate of drug-likeness (QED) is 0.0742. The molecule has 0 aromatic rings. The van der Waals surface area contributed by atoms with Crippen LogP contribution in [0.25, 0.3) is 0 Å². The monoisotopic (exact) mass is 527 g/mol. The predicted molar refractivity (Wildman–Crippen MR) is 158 cm³/mol. The number of nitrogens with one attached hydrogen (secondary N) is 1. The third-order valence-electron chi connectivity index (χ3n) is 7.71. The molecule has 0 aromatic heterocycles. The van der Waals surface area contributed by atoms with E-state index in [0.29, 0.717) is 12.8 Å². The second-order valence-corrected chi connectivity index (χ2v) is 11.4. The highest BCUT2D eigenvalue weighted by atomic mass is 16.3. The second-order valence-electron chi connectivity index (χ2n) is 11.4. The molecular formula is C32H65NO4. The topological polar surface area (TPSA) is 89.8 Å². The Bertz CT molecular complexity index is 474. The van der Waals surface area contributed by atoms with Gasteiger partial charge in [-0.05, 0) is 12.8 Å². The van der Waals surface area contributed by atoms with Crippen LogP contribution in [0.15, 0.2) is 0 Å². The summed E-state index contributed by atoms with van der Waals surface area (Å²) >= 11 is 0. The van der Waals surface area contributed by atoms with Crippen molar-refractivity contribution in [3.8, 4) is 0 Å². The molecule has 5 heteroatoms. The Labute approximate surface area is 230 Å². The molecule has 5 nitrogen and oxygen atoms in total. The van der Waals surface area contributed by atoms with E-state index in [1.54, 1.807) is 0 Å². The van der Waals surface area contributed by atoms with Crippen molar-refractivity contribution in [2.75, 3.05) is 6.61 Å². The number of amides is 1. The van der Waals surface area contributed by atoms with Gasteiger partial charge in [-0.3, -0.25) is 4.79 Å². The zero-order valence-electron chi connectivity index (χ0n) is 24.9. The summed E-state index contributed by atoms with van der Waals surface area (Å²) in [5.74, 6) is -0.147. The van der Waals surface area contributed by atoms with Gasteiger partial charge in [0.25, 0.3) is 0 Å². The molecule has 0 bridgehead atoms. The van der Waals surface area contributed by atoms with E-state index < -0.39 is 18.2 Å². The summed E-state index contributed by atoms with van der Waals surface area (Å²) in [6.45, 7) is 4.14. The third-order valence-corrected chi connectivity index (χ3v) is 7.71. The standard InChI is InChI=1S/C32H65NO4/c1-3-5-7-9-11-13-15-17-18-20-22-24-26-30(35)32(37)29(28-34)33-31(36)27-25-23-21-19-16-14-12-10-8-6-4-2/h29-30,32,34-35,37H,3-28H2,1-2H3,(H,33,36)/t29-,30+,32-/m0/s1. The molecule has 0 unspecified atom stereocenters. The van der Waals surface area contributed by atoms with Gasteiger partial charge in [0.1, 0.15) is 6.10 Å².